The van der Waals surface area contributed by atoms with E-state index < -0.39 is 5.97 Å². The zero-order valence-corrected chi connectivity index (χ0v) is 12.5. The second-order valence-corrected chi connectivity index (χ2v) is 6.68. The van der Waals surface area contributed by atoms with Crippen molar-refractivity contribution in [1.29, 1.82) is 0 Å². The normalized spacial score (nSPS) is 11.3. The molecule has 1 aromatic carbocycles. The van der Waals surface area contributed by atoms with Crippen LogP contribution in [0.5, 0.6) is 0 Å². The van der Waals surface area contributed by atoms with E-state index in [4.69, 9.17) is 5.11 Å². The Balaban J connectivity index is 2.75. The fourth-order valence-corrected chi connectivity index (χ4v) is 1.95. The highest BCUT2D eigenvalue weighted by atomic mass is 79.9. The van der Waals surface area contributed by atoms with E-state index in [-0.39, 0.29) is 10.3 Å². The molecule has 0 aliphatic heterocycles. The Morgan fingerprint density at radius 3 is 2.65 bits per heavy atom. The van der Waals surface area contributed by atoms with Gasteiger partial charge in [0.25, 0.3) is 0 Å². The number of hydrogen-bond donors (Lipinski definition) is 2. The zero-order chi connectivity index (χ0) is 13.1. The maximum absolute atomic E-state index is 10.8. The van der Waals surface area contributed by atoms with Gasteiger partial charge in [-0.05, 0) is 54.2 Å². The molecule has 0 bridgehead atoms. The lowest BCUT2D eigenvalue weighted by Gasteiger charge is -2.23. The summed E-state index contributed by atoms with van der Waals surface area (Å²) < 4.78 is 0.745. The van der Waals surface area contributed by atoms with Crippen LogP contribution in [0.2, 0.25) is 0 Å². The van der Waals surface area contributed by atoms with Gasteiger partial charge in [-0.25, -0.2) is 4.79 Å². The third-order valence-corrected chi connectivity index (χ3v) is 4.38. The molecule has 0 heterocycles. The Morgan fingerprint density at radius 1 is 1.53 bits per heavy atom. The molecule has 0 unspecified atom stereocenters. The maximum Gasteiger partial charge on any atom is 0.336 e. The molecule has 0 amide bonds. The highest BCUT2D eigenvalue weighted by Crippen LogP contribution is 2.24. The number of carboxylic acid groups (broad SMARTS) is 1. The fraction of sp³-hybridized carbons (Fsp3) is 0.417. The van der Waals surface area contributed by atoms with Crippen LogP contribution in [0, 0.1) is 0 Å². The SMILES string of the molecule is CSC(C)(C)CNc1ccc(C(=O)O)c(Br)c1. The third kappa shape index (κ3) is 4.24. The first-order valence-corrected chi connectivity index (χ1v) is 7.19. The number of benzene rings is 1. The molecular formula is C12H16BrNO2S. The quantitative estimate of drug-likeness (QED) is 0.869. The standard InChI is InChI=1S/C12H16BrNO2S/c1-12(2,17-3)7-14-8-4-5-9(11(15)16)10(13)6-8/h4-6,14H,7H2,1-3H3,(H,15,16). The monoisotopic (exact) mass is 317 g/mol. The minimum atomic E-state index is -0.923. The Bertz CT molecular complexity index is 421. The third-order valence-electron chi connectivity index (χ3n) is 2.47. The van der Waals surface area contributed by atoms with Gasteiger partial charge in [0.15, 0.2) is 0 Å². The molecule has 0 fully saturated rings. The van der Waals surface area contributed by atoms with E-state index in [1.165, 1.54) is 0 Å². The first kappa shape index (κ1) is 14.4. The molecule has 1 rings (SSSR count). The van der Waals surface area contributed by atoms with Gasteiger partial charge < -0.3 is 10.4 Å². The lowest BCUT2D eigenvalue weighted by atomic mass is 10.2. The number of aromatic carboxylic acids is 1. The van der Waals surface area contributed by atoms with E-state index in [1.807, 2.05) is 0 Å². The van der Waals surface area contributed by atoms with E-state index >= 15 is 0 Å². The number of thioether (sulfide) groups is 1. The Morgan fingerprint density at radius 2 is 2.18 bits per heavy atom. The molecule has 5 heteroatoms. The number of rotatable bonds is 5. The Labute approximate surface area is 114 Å². The van der Waals surface area contributed by atoms with Crippen molar-refractivity contribution in [2.75, 3.05) is 18.1 Å². The predicted octanol–water partition coefficient (Wildman–Crippen LogP) is 3.70. The molecule has 0 saturated carbocycles. The first-order valence-electron chi connectivity index (χ1n) is 5.17. The van der Waals surface area contributed by atoms with Crippen LogP contribution in [0.1, 0.15) is 24.2 Å². The number of carboxylic acids is 1. The number of halogens is 1. The molecule has 0 aliphatic rings. The number of hydrogen-bond acceptors (Lipinski definition) is 3. The van der Waals surface area contributed by atoms with Crippen LogP contribution in [0.25, 0.3) is 0 Å². The summed E-state index contributed by atoms with van der Waals surface area (Å²) in [6.45, 7) is 5.14. The highest BCUT2D eigenvalue weighted by Gasteiger charge is 2.15. The van der Waals surface area contributed by atoms with Crippen molar-refractivity contribution in [2.24, 2.45) is 0 Å². The first-order chi connectivity index (χ1) is 7.85. The molecule has 0 spiro atoms. The van der Waals surface area contributed by atoms with E-state index in [0.29, 0.717) is 4.47 Å². The average molecular weight is 318 g/mol. The van der Waals surface area contributed by atoms with Crippen molar-refractivity contribution in [2.45, 2.75) is 18.6 Å². The van der Waals surface area contributed by atoms with Gasteiger partial charge in [0.1, 0.15) is 0 Å². The van der Waals surface area contributed by atoms with E-state index in [0.717, 1.165) is 12.2 Å². The minimum Gasteiger partial charge on any atom is -0.478 e. The molecule has 3 nitrogen and oxygen atoms in total. The Kier molecular flexibility index (Phi) is 4.89. The van der Waals surface area contributed by atoms with E-state index in [2.05, 4.69) is 41.3 Å². The van der Waals surface area contributed by atoms with Crippen molar-refractivity contribution in [3.63, 3.8) is 0 Å². The van der Waals surface area contributed by atoms with Crippen LogP contribution in [0.15, 0.2) is 22.7 Å². The molecule has 2 N–H and O–H groups in total. The molecule has 0 atom stereocenters. The van der Waals surface area contributed by atoms with Crippen LogP contribution in [0.4, 0.5) is 5.69 Å². The summed E-state index contributed by atoms with van der Waals surface area (Å²) in [6.07, 6.45) is 2.07. The number of nitrogens with one attached hydrogen (secondary N) is 1. The van der Waals surface area contributed by atoms with Crippen LogP contribution in [-0.2, 0) is 0 Å². The molecule has 0 aromatic heterocycles. The number of anilines is 1. The largest absolute Gasteiger partial charge is 0.478 e. The molecule has 0 saturated heterocycles. The lowest BCUT2D eigenvalue weighted by molar-refractivity contribution is 0.0696. The van der Waals surface area contributed by atoms with Gasteiger partial charge in [0.05, 0.1) is 5.56 Å². The highest BCUT2D eigenvalue weighted by molar-refractivity contribution is 9.10. The van der Waals surface area contributed by atoms with Crippen LogP contribution >= 0.6 is 27.7 Å². The Hall–Kier alpha value is -0.680. The van der Waals surface area contributed by atoms with Crippen molar-refractivity contribution >= 4 is 39.3 Å². The van der Waals surface area contributed by atoms with Crippen LogP contribution < -0.4 is 5.32 Å². The topological polar surface area (TPSA) is 49.3 Å². The second kappa shape index (κ2) is 5.78. The fourth-order valence-electron chi connectivity index (χ4n) is 1.19. The summed E-state index contributed by atoms with van der Waals surface area (Å²) in [5, 5.41) is 12.2. The summed E-state index contributed by atoms with van der Waals surface area (Å²) in [5.41, 5.74) is 1.20. The molecule has 94 valence electrons. The number of carbonyl (C=O) groups is 1. The smallest absolute Gasteiger partial charge is 0.336 e. The van der Waals surface area contributed by atoms with Crippen LogP contribution in [-0.4, -0.2) is 28.6 Å². The van der Waals surface area contributed by atoms with Crippen molar-refractivity contribution < 1.29 is 9.90 Å². The van der Waals surface area contributed by atoms with Gasteiger partial charge in [-0.1, -0.05) is 0 Å². The molecular weight excluding hydrogens is 302 g/mol. The van der Waals surface area contributed by atoms with Crippen molar-refractivity contribution in [3.8, 4) is 0 Å². The molecule has 1 aromatic rings. The van der Waals surface area contributed by atoms with Gasteiger partial charge in [-0.2, -0.15) is 11.8 Å². The molecule has 0 radical (unpaired) electrons. The molecule has 17 heavy (non-hydrogen) atoms. The summed E-state index contributed by atoms with van der Waals surface area (Å²) in [6, 6.07) is 5.17. The van der Waals surface area contributed by atoms with Gasteiger partial charge >= 0.3 is 5.97 Å². The summed E-state index contributed by atoms with van der Waals surface area (Å²) >= 11 is 5.05. The van der Waals surface area contributed by atoms with Crippen molar-refractivity contribution in [3.05, 3.63) is 28.2 Å². The van der Waals surface area contributed by atoms with Crippen LogP contribution in [0.3, 0.4) is 0 Å². The summed E-state index contributed by atoms with van der Waals surface area (Å²) in [5.74, 6) is -0.923. The predicted molar refractivity (Wildman–Crippen MR) is 77.2 cm³/mol. The van der Waals surface area contributed by atoms with Crippen molar-refractivity contribution in [1.82, 2.24) is 0 Å². The summed E-state index contributed by atoms with van der Waals surface area (Å²) in [7, 11) is 0. The van der Waals surface area contributed by atoms with Gasteiger partial charge in [-0.3, -0.25) is 0 Å². The maximum atomic E-state index is 10.8. The van der Waals surface area contributed by atoms with Gasteiger partial charge in [0.2, 0.25) is 0 Å². The zero-order valence-electron chi connectivity index (χ0n) is 10.1. The minimum absolute atomic E-state index is 0.151. The van der Waals surface area contributed by atoms with Gasteiger partial charge in [-0.15, -0.1) is 0 Å². The van der Waals surface area contributed by atoms with Gasteiger partial charge in [0, 0.05) is 21.5 Å². The summed E-state index contributed by atoms with van der Waals surface area (Å²) in [4.78, 5) is 10.8. The van der Waals surface area contributed by atoms with E-state index in [9.17, 15) is 4.79 Å². The average Bonchev–Trinajstić information content (AvgIpc) is 2.26. The molecule has 0 aliphatic carbocycles. The lowest BCUT2D eigenvalue weighted by Crippen LogP contribution is -2.25. The second-order valence-electron chi connectivity index (χ2n) is 4.32. The van der Waals surface area contributed by atoms with E-state index in [1.54, 1.807) is 30.0 Å².